The van der Waals surface area contributed by atoms with E-state index in [9.17, 15) is 14.4 Å². The molecular weight excluding hydrogens is 408 g/mol. The summed E-state index contributed by atoms with van der Waals surface area (Å²) >= 11 is 0. The lowest BCUT2D eigenvalue weighted by Gasteiger charge is -2.06. The van der Waals surface area contributed by atoms with Gasteiger partial charge in [0.15, 0.2) is 17.3 Å². The summed E-state index contributed by atoms with van der Waals surface area (Å²) in [5.41, 5.74) is 29.5. The van der Waals surface area contributed by atoms with Crippen LogP contribution in [0.15, 0.2) is 97.1 Å². The highest BCUT2D eigenvalue weighted by molar-refractivity contribution is 6.21. The molecule has 1 aliphatic rings. The van der Waals surface area contributed by atoms with Crippen LogP contribution in [0.1, 0.15) is 36.6 Å². The van der Waals surface area contributed by atoms with Gasteiger partial charge >= 0.3 is 0 Å². The highest BCUT2D eigenvalue weighted by Crippen LogP contribution is 2.15. The van der Waals surface area contributed by atoms with Crippen molar-refractivity contribution in [3.63, 3.8) is 0 Å². The summed E-state index contributed by atoms with van der Waals surface area (Å²) in [5.74, 6) is -0.110. The van der Waals surface area contributed by atoms with Gasteiger partial charge in [0.25, 0.3) is 0 Å². The van der Waals surface area contributed by atoms with Crippen LogP contribution in [0.4, 0.5) is 0 Å². The predicted octanol–water partition coefficient (Wildman–Crippen LogP) is 6.27. The van der Waals surface area contributed by atoms with E-state index in [1.54, 1.807) is 24.3 Å². The van der Waals surface area contributed by atoms with E-state index in [1.165, 1.54) is 22.0 Å². The zero-order valence-electron chi connectivity index (χ0n) is 16.6. The Morgan fingerprint density at radius 2 is 0.812 bits per heavy atom. The van der Waals surface area contributed by atoms with Crippen LogP contribution >= 0.6 is 0 Å². The Morgan fingerprint density at radius 3 is 1.12 bits per heavy atom. The third kappa shape index (κ3) is 7.81. The molecule has 32 heavy (non-hydrogen) atoms. The van der Waals surface area contributed by atoms with Crippen molar-refractivity contribution in [3.8, 4) is 0 Å². The molecule has 0 atom stereocenters. The number of allylic oxidation sites excluding steroid dienone is 2. The zero-order valence-corrected chi connectivity index (χ0v) is 16.6. The van der Waals surface area contributed by atoms with Crippen molar-refractivity contribution in [1.82, 2.24) is 0 Å². The molecule has 9 nitrogen and oxygen atoms in total. The third-order valence-corrected chi connectivity index (χ3v) is 3.92. The standard InChI is InChI=1S/C13H10O.C10H6O2.2N3/c14-13(11-7-3-1-4-8-11)12-9-5-2-6-10-12;11-9-5-6-10(12)8-4-2-1-3-7(8)9;2*1-3-2/h1-10H;1-6H;;/q;;2*-1. The summed E-state index contributed by atoms with van der Waals surface area (Å²) in [7, 11) is 0. The van der Waals surface area contributed by atoms with Gasteiger partial charge in [-0.15, -0.1) is 0 Å². The summed E-state index contributed by atoms with van der Waals surface area (Å²) in [6.07, 6.45) is 2.62. The maximum Gasteiger partial charge on any atom is 0.193 e. The summed E-state index contributed by atoms with van der Waals surface area (Å²) in [4.78, 5) is 37.2. The van der Waals surface area contributed by atoms with Gasteiger partial charge in [0.1, 0.15) is 0 Å². The van der Waals surface area contributed by atoms with Crippen LogP contribution in [-0.4, -0.2) is 17.3 Å². The minimum atomic E-state index is -0.0924. The molecule has 0 aliphatic heterocycles. The van der Waals surface area contributed by atoms with Crippen LogP contribution in [-0.2, 0) is 0 Å². The van der Waals surface area contributed by atoms with Crippen molar-refractivity contribution in [1.29, 1.82) is 0 Å². The van der Waals surface area contributed by atoms with Gasteiger partial charge in [-0.25, -0.2) is 0 Å². The summed E-state index contributed by atoms with van der Waals surface area (Å²) in [6.45, 7) is 0. The molecule has 0 unspecified atom stereocenters. The smallest absolute Gasteiger partial charge is 0.193 e. The Balaban J connectivity index is 0.000000259. The average Bonchev–Trinajstić information content (AvgIpc) is 2.84. The maximum absolute atomic E-state index is 11.8. The van der Waals surface area contributed by atoms with E-state index in [1.807, 2.05) is 60.7 Å². The van der Waals surface area contributed by atoms with E-state index in [4.69, 9.17) is 22.1 Å². The van der Waals surface area contributed by atoms with E-state index in [0.29, 0.717) is 11.1 Å². The van der Waals surface area contributed by atoms with Gasteiger partial charge in [0.2, 0.25) is 0 Å². The molecule has 0 amide bonds. The predicted molar refractivity (Wildman–Crippen MR) is 121 cm³/mol. The van der Waals surface area contributed by atoms with Crippen molar-refractivity contribution in [2.45, 2.75) is 0 Å². The fourth-order valence-electron chi connectivity index (χ4n) is 2.59. The van der Waals surface area contributed by atoms with Gasteiger partial charge in [-0.05, 0) is 12.2 Å². The molecule has 1 aliphatic carbocycles. The highest BCUT2D eigenvalue weighted by Gasteiger charge is 2.17. The molecule has 0 spiro atoms. The molecule has 0 saturated heterocycles. The highest BCUT2D eigenvalue weighted by atomic mass is 16.1. The van der Waals surface area contributed by atoms with Crippen molar-refractivity contribution in [2.75, 3.05) is 0 Å². The van der Waals surface area contributed by atoms with Crippen molar-refractivity contribution < 1.29 is 14.4 Å². The molecule has 0 N–H and O–H groups in total. The SMILES string of the molecule is O=C(c1ccccc1)c1ccccc1.O=C1C=CC(=O)c2ccccc21.[N-]=[N+]=[N-].[N-]=[N+]=[N-]. The number of rotatable bonds is 2. The van der Waals surface area contributed by atoms with Gasteiger partial charge in [-0.2, -0.15) is 0 Å². The number of carbonyl (C=O) groups is 3. The quantitative estimate of drug-likeness (QED) is 0.205. The number of fused-ring (bicyclic) bond motifs is 1. The summed E-state index contributed by atoms with van der Waals surface area (Å²) < 4.78 is 0. The molecule has 4 rings (SSSR count). The fourth-order valence-corrected chi connectivity index (χ4v) is 2.59. The molecule has 0 aromatic heterocycles. The minimum absolute atomic E-state index is 0.0752. The van der Waals surface area contributed by atoms with Gasteiger partial charge in [0, 0.05) is 22.3 Å². The Kier molecular flexibility index (Phi) is 11.0. The Morgan fingerprint density at radius 1 is 0.531 bits per heavy atom. The minimum Gasteiger partial charge on any atom is -0.373 e. The number of ketones is 3. The van der Waals surface area contributed by atoms with Crippen molar-refractivity contribution in [2.24, 2.45) is 0 Å². The molecule has 158 valence electrons. The second-order valence-electron chi connectivity index (χ2n) is 5.85. The van der Waals surface area contributed by atoms with Crippen LogP contribution in [0.2, 0.25) is 0 Å². The zero-order chi connectivity index (χ0) is 23.8. The molecule has 0 heterocycles. The van der Waals surface area contributed by atoms with Gasteiger partial charge in [-0.1, -0.05) is 84.9 Å². The van der Waals surface area contributed by atoms with Gasteiger partial charge in [0.05, 0.1) is 0 Å². The topological polar surface area (TPSA) is 169 Å². The van der Waals surface area contributed by atoms with E-state index in [-0.39, 0.29) is 17.3 Å². The Labute approximate surface area is 183 Å². The second-order valence-corrected chi connectivity index (χ2v) is 5.85. The Hall–Kier alpha value is -4.97. The van der Waals surface area contributed by atoms with E-state index < -0.39 is 0 Å². The largest absolute Gasteiger partial charge is 0.373 e. The van der Waals surface area contributed by atoms with E-state index >= 15 is 0 Å². The van der Waals surface area contributed by atoms with Crippen LogP contribution in [0.5, 0.6) is 0 Å². The normalized spacial score (nSPS) is 10.2. The molecule has 3 aromatic carbocycles. The van der Waals surface area contributed by atoms with Crippen molar-refractivity contribution in [3.05, 3.63) is 151 Å². The lowest BCUT2D eigenvalue weighted by atomic mass is 9.95. The first-order valence-electron chi connectivity index (χ1n) is 8.97. The summed E-state index contributed by atoms with van der Waals surface area (Å²) in [5, 5.41) is 0. The molecule has 0 radical (unpaired) electrons. The number of hydrogen-bond acceptors (Lipinski definition) is 3. The molecule has 9 heteroatoms. The number of benzene rings is 3. The lowest BCUT2D eigenvalue weighted by Crippen LogP contribution is -2.10. The van der Waals surface area contributed by atoms with Crippen LogP contribution in [0.3, 0.4) is 0 Å². The first-order valence-corrected chi connectivity index (χ1v) is 8.97. The van der Waals surface area contributed by atoms with Gasteiger partial charge in [-0.3, -0.25) is 24.2 Å². The molecule has 0 saturated carbocycles. The first kappa shape index (κ1) is 25.1. The Bertz CT molecular complexity index is 1070. The molecular formula is C23H16N6O3-2. The van der Waals surface area contributed by atoms with E-state index in [0.717, 1.165) is 11.1 Å². The maximum atomic E-state index is 11.8. The number of nitrogens with zero attached hydrogens (tertiary/aromatic N) is 6. The van der Waals surface area contributed by atoms with Gasteiger partial charge < -0.3 is 22.1 Å². The van der Waals surface area contributed by atoms with Crippen LogP contribution < -0.4 is 0 Å². The molecule has 0 bridgehead atoms. The lowest BCUT2D eigenvalue weighted by molar-refractivity contribution is 0.0994. The van der Waals surface area contributed by atoms with E-state index in [2.05, 4.69) is 0 Å². The molecule has 3 aromatic rings. The summed E-state index contributed by atoms with van der Waals surface area (Å²) in [6, 6.07) is 25.4. The number of carbonyl (C=O) groups excluding carboxylic acids is 3. The third-order valence-electron chi connectivity index (χ3n) is 3.92. The van der Waals surface area contributed by atoms with Crippen molar-refractivity contribution >= 4 is 17.3 Å². The fraction of sp³-hybridized carbons (Fsp3) is 0. The van der Waals surface area contributed by atoms with Crippen LogP contribution in [0, 0.1) is 0 Å². The second kappa shape index (κ2) is 14.1. The van der Waals surface area contributed by atoms with Crippen LogP contribution in [0.25, 0.3) is 31.9 Å². The average molecular weight is 424 g/mol. The number of hydrogen-bond donors (Lipinski definition) is 0. The monoisotopic (exact) mass is 424 g/mol. The first-order chi connectivity index (χ1) is 15.5. The molecule has 0 fully saturated rings.